The number of carbonyl (C=O) groups is 1. The molecule has 1 aromatic heterocycles. The van der Waals surface area contributed by atoms with Crippen molar-refractivity contribution in [2.45, 2.75) is 26.4 Å². The van der Waals surface area contributed by atoms with Crippen molar-refractivity contribution >= 4 is 11.7 Å². The third-order valence-corrected chi connectivity index (χ3v) is 3.14. The fourth-order valence-electron chi connectivity index (χ4n) is 2.36. The predicted molar refractivity (Wildman–Crippen MR) is 73.0 cm³/mol. The monoisotopic (exact) mass is 266 g/mol. The lowest BCUT2D eigenvalue weighted by Gasteiger charge is -2.37. The Kier molecular flexibility index (Phi) is 3.91. The van der Waals surface area contributed by atoms with E-state index in [4.69, 9.17) is 4.74 Å². The number of hydrogen-bond acceptors (Lipinski definition) is 4. The highest BCUT2D eigenvalue weighted by Gasteiger charge is 2.28. The quantitative estimate of drug-likeness (QED) is 0.878. The third kappa shape index (κ3) is 3.78. The number of aromatic nitrogens is 2. The number of amides is 1. The fraction of sp³-hybridized carbons (Fsp3) is 0.692. The summed E-state index contributed by atoms with van der Waals surface area (Å²) < 4.78 is 7.31. The average Bonchev–Trinajstić information content (AvgIpc) is 2.55. The number of hydrogen-bond donors (Lipinski definition) is 1. The van der Waals surface area contributed by atoms with Crippen molar-refractivity contribution in [3.05, 3.63) is 11.8 Å². The number of anilines is 1. The van der Waals surface area contributed by atoms with Crippen LogP contribution in [0.3, 0.4) is 0 Å². The van der Waals surface area contributed by atoms with Crippen molar-refractivity contribution in [2.75, 3.05) is 31.6 Å². The molecule has 0 bridgehead atoms. The van der Waals surface area contributed by atoms with E-state index in [1.54, 1.807) is 4.68 Å². The summed E-state index contributed by atoms with van der Waals surface area (Å²) in [7, 11) is 1.82. The van der Waals surface area contributed by atoms with Crippen molar-refractivity contribution < 1.29 is 9.53 Å². The van der Waals surface area contributed by atoms with Crippen molar-refractivity contribution in [1.29, 1.82) is 0 Å². The number of aryl methyl sites for hydroxylation is 2. The highest BCUT2D eigenvalue weighted by molar-refractivity contribution is 5.91. The summed E-state index contributed by atoms with van der Waals surface area (Å²) in [5.74, 6) is 0.718. The van der Waals surface area contributed by atoms with Crippen LogP contribution in [0.5, 0.6) is 0 Å². The number of rotatable bonds is 3. The van der Waals surface area contributed by atoms with E-state index in [0.717, 1.165) is 24.6 Å². The van der Waals surface area contributed by atoms with Gasteiger partial charge in [-0.15, -0.1) is 0 Å². The van der Waals surface area contributed by atoms with Gasteiger partial charge in [-0.25, -0.2) is 0 Å². The topological polar surface area (TPSA) is 59.4 Å². The van der Waals surface area contributed by atoms with Crippen LogP contribution in [0.2, 0.25) is 0 Å². The van der Waals surface area contributed by atoms with Crippen LogP contribution in [-0.2, 0) is 16.6 Å². The van der Waals surface area contributed by atoms with Gasteiger partial charge in [0.25, 0.3) is 0 Å². The summed E-state index contributed by atoms with van der Waals surface area (Å²) in [6, 6.07) is 1.86. The van der Waals surface area contributed by atoms with Crippen LogP contribution in [0.1, 0.15) is 19.5 Å². The summed E-state index contributed by atoms with van der Waals surface area (Å²) in [6.07, 6.45) is 0. The van der Waals surface area contributed by atoms with E-state index < -0.39 is 0 Å². The van der Waals surface area contributed by atoms with Crippen LogP contribution in [0.25, 0.3) is 0 Å². The van der Waals surface area contributed by atoms with E-state index in [0.29, 0.717) is 13.2 Å². The van der Waals surface area contributed by atoms with Crippen LogP contribution >= 0.6 is 0 Å². The Morgan fingerprint density at radius 2 is 2.32 bits per heavy atom. The first-order chi connectivity index (χ1) is 8.85. The summed E-state index contributed by atoms with van der Waals surface area (Å²) in [4.78, 5) is 14.1. The van der Waals surface area contributed by atoms with Gasteiger partial charge in [-0.1, -0.05) is 0 Å². The average molecular weight is 266 g/mol. The molecule has 0 aliphatic carbocycles. The molecule has 1 aliphatic rings. The third-order valence-electron chi connectivity index (χ3n) is 3.14. The van der Waals surface area contributed by atoms with Gasteiger partial charge in [0.05, 0.1) is 24.4 Å². The Hall–Kier alpha value is -1.40. The van der Waals surface area contributed by atoms with Gasteiger partial charge in [-0.3, -0.25) is 14.4 Å². The predicted octanol–water partition coefficient (Wildman–Crippen LogP) is 0.778. The highest BCUT2D eigenvalue weighted by Crippen LogP contribution is 2.16. The molecule has 0 atom stereocenters. The van der Waals surface area contributed by atoms with E-state index in [2.05, 4.69) is 15.3 Å². The molecule has 1 fully saturated rings. The molecule has 1 aliphatic heterocycles. The summed E-state index contributed by atoms with van der Waals surface area (Å²) >= 11 is 0. The standard InChI is InChI=1S/C13H22N4O2/c1-10-7-11(16(4)15-10)14-12(18)8-17-5-6-19-13(2,3)9-17/h7H,5-6,8-9H2,1-4H3,(H,14,18). The van der Waals surface area contributed by atoms with Crippen LogP contribution < -0.4 is 5.32 Å². The Morgan fingerprint density at radius 1 is 1.58 bits per heavy atom. The molecule has 1 saturated heterocycles. The number of carbonyl (C=O) groups excluding carboxylic acids is 1. The Morgan fingerprint density at radius 3 is 2.89 bits per heavy atom. The van der Waals surface area contributed by atoms with Crippen molar-refractivity contribution in [2.24, 2.45) is 7.05 Å². The maximum atomic E-state index is 12.0. The summed E-state index contributed by atoms with van der Waals surface area (Å²) in [5, 5.41) is 7.09. The lowest BCUT2D eigenvalue weighted by molar-refractivity contribution is -0.122. The number of morpholine rings is 1. The molecule has 2 heterocycles. The maximum absolute atomic E-state index is 12.0. The van der Waals surface area contributed by atoms with E-state index in [1.807, 2.05) is 33.9 Å². The van der Waals surface area contributed by atoms with Gasteiger partial charge >= 0.3 is 0 Å². The molecule has 0 saturated carbocycles. The molecule has 1 aromatic rings. The van der Waals surface area contributed by atoms with Gasteiger partial charge in [0.1, 0.15) is 5.82 Å². The molecule has 6 nitrogen and oxygen atoms in total. The molecule has 0 unspecified atom stereocenters. The van der Waals surface area contributed by atoms with Gasteiger partial charge in [-0.2, -0.15) is 5.10 Å². The minimum atomic E-state index is -0.179. The second-order valence-electron chi connectivity index (χ2n) is 5.66. The largest absolute Gasteiger partial charge is 0.373 e. The SMILES string of the molecule is Cc1cc(NC(=O)CN2CCOC(C)(C)C2)n(C)n1. The lowest BCUT2D eigenvalue weighted by Crippen LogP contribution is -2.50. The smallest absolute Gasteiger partial charge is 0.239 e. The van der Waals surface area contributed by atoms with E-state index in [1.165, 1.54) is 0 Å². The Balaban J connectivity index is 1.89. The van der Waals surface area contributed by atoms with Crippen molar-refractivity contribution in [3.63, 3.8) is 0 Å². The molecule has 1 amide bonds. The molecule has 106 valence electrons. The molecule has 6 heteroatoms. The van der Waals surface area contributed by atoms with Crippen molar-refractivity contribution in [3.8, 4) is 0 Å². The van der Waals surface area contributed by atoms with E-state index in [-0.39, 0.29) is 11.5 Å². The minimum absolute atomic E-state index is 0.0132. The minimum Gasteiger partial charge on any atom is -0.373 e. The van der Waals surface area contributed by atoms with Gasteiger partial charge in [-0.05, 0) is 20.8 Å². The van der Waals surface area contributed by atoms with Crippen molar-refractivity contribution in [1.82, 2.24) is 14.7 Å². The first-order valence-corrected chi connectivity index (χ1v) is 6.52. The number of nitrogens with one attached hydrogen (secondary N) is 1. The number of ether oxygens (including phenoxy) is 1. The molecule has 0 aromatic carbocycles. The van der Waals surface area contributed by atoms with Crippen LogP contribution in [0, 0.1) is 6.92 Å². The maximum Gasteiger partial charge on any atom is 0.239 e. The second kappa shape index (κ2) is 5.30. The highest BCUT2D eigenvalue weighted by atomic mass is 16.5. The van der Waals surface area contributed by atoms with Crippen LogP contribution in [0.15, 0.2) is 6.07 Å². The Bertz CT molecular complexity index is 467. The normalized spacial score (nSPS) is 19.4. The lowest BCUT2D eigenvalue weighted by atomic mass is 10.1. The van der Waals surface area contributed by atoms with Gasteiger partial charge in [0.2, 0.25) is 5.91 Å². The molecule has 0 spiro atoms. The number of nitrogens with zero attached hydrogens (tertiary/aromatic N) is 3. The molecular weight excluding hydrogens is 244 g/mol. The van der Waals surface area contributed by atoms with Gasteiger partial charge in [0, 0.05) is 26.2 Å². The molecule has 2 rings (SSSR count). The van der Waals surface area contributed by atoms with Gasteiger partial charge in [0.15, 0.2) is 0 Å². The van der Waals surface area contributed by atoms with E-state index in [9.17, 15) is 4.79 Å². The zero-order chi connectivity index (χ0) is 14.0. The zero-order valence-corrected chi connectivity index (χ0v) is 12.1. The van der Waals surface area contributed by atoms with Crippen LogP contribution in [0.4, 0.5) is 5.82 Å². The molecule has 19 heavy (non-hydrogen) atoms. The Labute approximate surface area is 113 Å². The molecule has 0 radical (unpaired) electrons. The molecular formula is C13H22N4O2. The summed E-state index contributed by atoms with van der Waals surface area (Å²) in [5.41, 5.74) is 0.715. The fourth-order valence-corrected chi connectivity index (χ4v) is 2.36. The summed E-state index contributed by atoms with van der Waals surface area (Å²) in [6.45, 7) is 8.61. The van der Waals surface area contributed by atoms with E-state index >= 15 is 0 Å². The van der Waals surface area contributed by atoms with Crippen LogP contribution in [-0.4, -0.2) is 52.4 Å². The molecule has 1 N–H and O–H groups in total. The zero-order valence-electron chi connectivity index (χ0n) is 12.1. The van der Waals surface area contributed by atoms with Gasteiger partial charge < -0.3 is 10.1 Å². The first kappa shape index (κ1) is 14.0. The second-order valence-corrected chi connectivity index (χ2v) is 5.66. The first-order valence-electron chi connectivity index (χ1n) is 6.52.